The number of nitrogens with one attached hydrogen (secondary N) is 1. The minimum Gasteiger partial charge on any atom is -0.360 e. The van der Waals surface area contributed by atoms with E-state index >= 15 is 0 Å². The molecule has 0 aliphatic carbocycles. The number of anilines is 1. The fraction of sp³-hybridized carbons (Fsp3) is 0.176. The van der Waals surface area contributed by atoms with E-state index in [2.05, 4.69) is 15.5 Å². The smallest absolute Gasteiger partial charge is 0.273 e. The Morgan fingerprint density at radius 3 is 2.69 bits per heavy atom. The minimum absolute atomic E-state index is 0.159. The van der Waals surface area contributed by atoms with Crippen molar-refractivity contribution in [2.24, 2.45) is 0 Å². The normalized spacial score (nSPS) is 10.6. The van der Waals surface area contributed by atoms with Crippen LogP contribution in [0.25, 0.3) is 10.6 Å². The van der Waals surface area contributed by atoms with E-state index in [0.29, 0.717) is 16.6 Å². The first kappa shape index (κ1) is 17.7. The average molecular weight is 374 g/mol. The number of carbonyl (C=O) groups is 2. The molecule has 0 atom stereocenters. The topological polar surface area (TPSA) is 88.3 Å². The molecular formula is C17H15FN4O3S. The number of aryl methyl sites for hydroxylation is 1. The van der Waals surface area contributed by atoms with E-state index in [0.717, 1.165) is 5.56 Å². The van der Waals surface area contributed by atoms with Crippen LogP contribution in [0.1, 0.15) is 16.2 Å². The first-order valence-electron chi connectivity index (χ1n) is 7.62. The van der Waals surface area contributed by atoms with Gasteiger partial charge in [-0.15, -0.1) is 11.3 Å². The van der Waals surface area contributed by atoms with Gasteiger partial charge >= 0.3 is 0 Å². The van der Waals surface area contributed by atoms with Gasteiger partial charge in [-0.05, 0) is 31.2 Å². The highest BCUT2D eigenvalue weighted by Gasteiger charge is 2.19. The summed E-state index contributed by atoms with van der Waals surface area (Å²) in [5.41, 5.74) is 0.944. The maximum atomic E-state index is 13.0. The Labute approximate surface area is 152 Å². The third-order valence-corrected chi connectivity index (χ3v) is 4.33. The quantitative estimate of drug-likeness (QED) is 0.742. The number of amides is 2. The van der Waals surface area contributed by atoms with Gasteiger partial charge in [-0.1, -0.05) is 5.16 Å². The Bertz CT molecular complexity index is 936. The number of hydrogen-bond acceptors (Lipinski definition) is 6. The number of carbonyl (C=O) groups excluding carboxylic acids is 2. The molecule has 0 aliphatic heterocycles. The summed E-state index contributed by atoms with van der Waals surface area (Å²) in [6, 6.07) is 7.44. The molecule has 0 unspecified atom stereocenters. The second kappa shape index (κ2) is 7.44. The number of benzene rings is 1. The molecule has 1 aromatic carbocycles. The first-order valence-corrected chi connectivity index (χ1v) is 8.50. The summed E-state index contributed by atoms with van der Waals surface area (Å²) in [5.74, 6) is -0.264. The van der Waals surface area contributed by atoms with E-state index in [9.17, 15) is 14.0 Å². The lowest BCUT2D eigenvalue weighted by molar-refractivity contribution is -0.116. The van der Waals surface area contributed by atoms with Gasteiger partial charge in [-0.2, -0.15) is 0 Å². The summed E-state index contributed by atoms with van der Waals surface area (Å²) in [6.45, 7) is 1.55. The van der Waals surface area contributed by atoms with Crippen molar-refractivity contribution in [1.82, 2.24) is 15.0 Å². The first-order chi connectivity index (χ1) is 12.4. The lowest BCUT2D eigenvalue weighted by Crippen LogP contribution is -2.35. The molecule has 0 saturated carbocycles. The van der Waals surface area contributed by atoms with Crippen LogP contribution in [0, 0.1) is 12.7 Å². The van der Waals surface area contributed by atoms with Gasteiger partial charge in [0.1, 0.15) is 22.3 Å². The van der Waals surface area contributed by atoms with E-state index in [4.69, 9.17) is 4.52 Å². The molecule has 2 amide bonds. The number of nitrogens with zero attached hydrogens (tertiary/aromatic N) is 3. The summed E-state index contributed by atoms with van der Waals surface area (Å²) in [4.78, 5) is 29.9. The third-order valence-electron chi connectivity index (χ3n) is 3.44. The second-order valence-electron chi connectivity index (χ2n) is 5.58. The minimum atomic E-state index is -0.400. The Kier molecular flexibility index (Phi) is 5.08. The summed E-state index contributed by atoms with van der Waals surface area (Å²) >= 11 is 1.27. The molecule has 0 fully saturated rings. The van der Waals surface area contributed by atoms with Gasteiger partial charge in [0.05, 0.1) is 6.54 Å². The van der Waals surface area contributed by atoms with Gasteiger partial charge in [0.2, 0.25) is 5.91 Å². The monoisotopic (exact) mass is 374 g/mol. The predicted molar refractivity (Wildman–Crippen MR) is 94.3 cm³/mol. The van der Waals surface area contributed by atoms with Crippen LogP contribution < -0.4 is 5.32 Å². The van der Waals surface area contributed by atoms with Gasteiger partial charge in [-0.25, -0.2) is 9.37 Å². The zero-order valence-corrected chi connectivity index (χ0v) is 14.8. The molecule has 26 heavy (non-hydrogen) atoms. The number of rotatable bonds is 5. The molecular weight excluding hydrogens is 359 g/mol. The van der Waals surface area contributed by atoms with Gasteiger partial charge in [0.25, 0.3) is 5.91 Å². The van der Waals surface area contributed by atoms with Crippen molar-refractivity contribution in [1.29, 1.82) is 0 Å². The van der Waals surface area contributed by atoms with Crippen molar-refractivity contribution in [2.75, 3.05) is 18.9 Å². The molecule has 0 aliphatic rings. The van der Waals surface area contributed by atoms with Crippen LogP contribution in [0.5, 0.6) is 0 Å². The SMILES string of the molecule is Cc1cc(NC(=O)CN(C)C(=O)c2csc(-c3ccc(F)cc3)n2)no1. The Morgan fingerprint density at radius 2 is 2.04 bits per heavy atom. The van der Waals surface area contributed by atoms with Crippen LogP contribution in [0.15, 0.2) is 40.2 Å². The summed E-state index contributed by atoms with van der Waals surface area (Å²) in [6.07, 6.45) is 0. The lowest BCUT2D eigenvalue weighted by Gasteiger charge is -2.14. The Balaban J connectivity index is 1.63. The van der Waals surface area contributed by atoms with E-state index in [-0.39, 0.29) is 24.0 Å². The molecule has 0 saturated heterocycles. The zero-order valence-electron chi connectivity index (χ0n) is 14.0. The summed E-state index contributed by atoms with van der Waals surface area (Å²) in [7, 11) is 1.51. The lowest BCUT2D eigenvalue weighted by atomic mass is 10.2. The third kappa shape index (κ3) is 4.12. The van der Waals surface area contributed by atoms with Crippen molar-refractivity contribution < 1.29 is 18.5 Å². The van der Waals surface area contributed by atoms with Crippen LogP contribution in [0.2, 0.25) is 0 Å². The molecule has 0 spiro atoms. The van der Waals surface area contributed by atoms with Crippen molar-refractivity contribution in [3.05, 3.63) is 53.0 Å². The van der Waals surface area contributed by atoms with Crippen molar-refractivity contribution in [3.8, 4) is 10.6 Å². The van der Waals surface area contributed by atoms with E-state index < -0.39 is 5.91 Å². The molecule has 0 radical (unpaired) electrons. The van der Waals surface area contributed by atoms with Gasteiger partial charge in [0.15, 0.2) is 5.82 Å². The van der Waals surface area contributed by atoms with Gasteiger partial charge < -0.3 is 14.7 Å². The molecule has 134 valence electrons. The van der Waals surface area contributed by atoms with Gasteiger partial charge in [-0.3, -0.25) is 9.59 Å². The van der Waals surface area contributed by atoms with Crippen LogP contribution >= 0.6 is 11.3 Å². The maximum absolute atomic E-state index is 13.0. The molecule has 7 nitrogen and oxygen atoms in total. The molecule has 1 N–H and O–H groups in total. The standard InChI is InChI=1S/C17H15FN4O3S/c1-10-7-14(21-25-10)20-15(23)8-22(2)17(24)13-9-26-16(19-13)11-3-5-12(18)6-4-11/h3-7,9H,8H2,1-2H3,(H,20,21,23). The highest BCUT2D eigenvalue weighted by Crippen LogP contribution is 2.24. The summed E-state index contributed by atoms with van der Waals surface area (Å²) in [5, 5.41) is 8.42. The number of thiazole rings is 1. The highest BCUT2D eigenvalue weighted by atomic mass is 32.1. The molecule has 9 heteroatoms. The molecule has 3 aromatic rings. The maximum Gasteiger partial charge on any atom is 0.273 e. The summed E-state index contributed by atoms with van der Waals surface area (Å²) < 4.78 is 17.9. The molecule has 2 heterocycles. The Morgan fingerprint density at radius 1 is 1.31 bits per heavy atom. The van der Waals surface area contributed by atoms with E-state index in [1.807, 2.05) is 0 Å². The number of halogens is 1. The van der Waals surface area contributed by atoms with Crippen molar-refractivity contribution in [2.45, 2.75) is 6.92 Å². The van der Waals surface area contributed by atoms with E-state index in [1.165, 1.54) is 35.4 Å². The van der Waals surface area contributed by atoms with Crippen molar-refractivity contribution >= 4 is 29.0 Å². The predicted octanol–water partition coefficient (Wildman–Crippen LogP) is 2.96. The number of aromatic nitrogens is 2. The fourth-order valence-corrected chi connectivity index (χ4v) is 2.99. The van der Waals surface area contributed by atoms with Gasteiger partial charge in [0, 0.05) is 24.1 Å². The number of hydrogen-bond donors (Lipinski definition) is 1. The molecule has 3 rings (SSSR count). The van der Waals surface area contributed by atoms with Crippen LogP contribution in [-0.4, -0.2) is 40.4 Å². The largest absolute Gasteiger partial charge is 0.360 e. The molecule has 2 aromatic heterocycles. The number of likely N-dealkylation sites (N-methyl/N-ethyl adjacent to an activating group) is 1. The van der Waals surface area contributed by atoms with E-state index in [1.54, 1.807) is 30.5 Å². The highest BCUT2D eigenvalue weighted by molar-refractivity contribution is 7.13. The fourth-order valence-electron chi connectivity index (χ4n) is 2.19. The zero-order chi connectivity index (χ0) is 18.7. The van der Waals surface area contributed by atoms with Crippen LogP contribution in [0.4, 0.5) is 10.2 Å². The Hall–Kier alpha value is -3.07. The average Bonchev–Trinajstić information content (AvgIpc) is 3.24. The molecule has 0 bridgehead atoms. The van der Waals surface area contributed by atoms with Crippen LogP contribution in [0.3, 0.4) is 0 Å². The van der Waals surface area contributed by atoms with Crippen LogP contribution in [-0.2, 0) is 4.79 Å². The van der Waals surface area contributed by atoms with Crippen molar-refractivity contribution in [3.63, 3.8) is 0 Å². The second-order valence-corrected chi connectivity index (χ2v) is 6.44.